The highest BCUT2D eigenvalue weighted by molar-refractivity contribution is 5.16. The summed E-state index contributed by atoms with van der Waals surface area (Å²) in [5, 5.41) is 10.3. The molecule has 0 unspecified atom stereocenters. The number of nitrogens with two attached hydrogens (primary N) is 1. The molecular formula is C14H19NO5. The minimum Gasteiger partial charge on any atom is -0.388 e. The summed E-state index contributed by atoms with van der Waals surface area (Å²) in [6.07, 6.45) is -2.91. The van der Waals surface area contributed by atoms with Crippen LogP contribution in [0.2, 0.25) is 0 Å². The summed E-state index contributed by atoms with van der Waals surface area (Å²) in [5.41, 5.74) is 6.81. The van der Waals surface area contributed by atoms with Gasteiger partial charge in [-0.1, -0.05) is 30.3 Å². The number of ether oxygens (including phenoxy) is 4. The number of rotatable bonds is 2. The van der Waals surface area contributed by atoms with Gasteiger partial charge in [0.05, 0.1) is 12.6 Å². The van der Waals surface area contributed by atoms with Crippen LogP contribution in [0.15, 0.2) is 30.3 Å². The van der Waals surface area contributed by atoms with Gasteiger partial charge in [0.1, 0.15) is 18.3 Å². The van der Waals surface area contributed by atoms with E-state index in [0.29, 0.717) is 6.61 Å². The first kappa shape index (κ1) is 13.9. The van der Waals surface area contributed by atoms with E-state index >= 15 is 0 Å². The molecule has 2 aliphatic rings. The molecule has 6 heteroatoms. The number of benzene rings is 1. The maximum absolute atomic E-state index is 10.3. The van der Waals surface area contributed by atoms with E-state index in [1.807, 2.05) is 30.3 Å². The number of fused-ring (bicyclic) bond motifs is 1. The Hall–Kier alpha value is -1.02. The molecule has 6 atom stereocenters. The zero-order valence-electron chi connectivity index (χ0n) is 11.2. The number of hydrogen-bond acceptors (Lipinski definition) is 6. The Labute approximate surface area is 117 Å². The van der Waals surface area contributed by atoms with Crippen molar-refractivity contribution in [2.24, 2.45) is 5.73 Å². The first-order valence-electron chi connectivity index (χ1n) is 6.64. The standard InChI is InChI=1S/C14H19NO5/c1-17-14-10(15)11(16)12-9(19-14)7-18-13(20-12)8-5-3-2-4-6-8/h2-6,9-14,16H,7,15H2,1H3/t9-,10+,11-,12-,13-,14+/m1/s1. The maximum atomic E-state index is 10.3. The second-order valence-corrected chi connectivity index (χ2v) is 5.02. The highest BCUT2D eigenvalue weighted by Crippen LogP contribution is 2.33. The maximum Gasteiger partial charge on any atom is 0.184 e. The van der Waals surface area contributed by atoms with Crippen molar-refractivity contribution in [3.8, 4) is 0 Å². The number of hydrogen-bond donors (Lipinski definition) is 2. The molecule has 1 aromatic rings. The van der Waals surface area contributed by atoms with Crippen molar-refractivity contribution in [2.45, 2.75) is 36.9 Å². The van der Waals surface area contributed by atoms with Crippen molar-refractivity contribution in [2.75, 3.05) is 13.7 Å². The van der Waals surface area contributed by atoms with E-state index in [4.69, 9.17) is 24.7 Å². The molecule has 0 amide bonds. The Bertz CT molecular complexity index is 440. The SMILES string of the molecule is CO[C@H]1O[C@@H]2CO[C@@H](c3ccccc3)O[C@H]2[C@H](O)[C@@H]1N. The number of aliphatic hydroxyl groups is 1. The third kappa shape index (κ3) is 2.46. The Morgan fingerprint density at radius 1 is 1.25 bits per heavy atom. The van der Waals surface area contributed by atoms with Gasteiger partial charge in [-0.05, 0) is 0 Å². The summed E-state index contributed by atoms with van der Waals surface area (Å²) >= 11 is 0. The molecule has 2 aliphatic heterocycles. The Morgan fingerprint density at radius 3 is 2.70 bits per heavy atom. The molecule has 3 rings (SSSR count). The molecule has 0 spiro atoms. The molecule has 20 heavy (non-hydrogen) atoms. The second-order valence-electron chi connectivity index (χ2n) is 5.02. The molecule has 0 aromatic heterocycles. The first-order chi connectivity index (χ1) is 9.70. The molecule has 0 aliphatic carbocycles. The third-order valence-corrected chi connectivity index (χ3v) is 3.72. The zero-order chi connectivity index (χ0) is 14.1. The van der Waals surface area contributed by atoms with E-state index < -0.39 is 30.8 Å². The van der Waals surface area contributed by atoms with Crippen LogP contribution in [0.3, 0.4) is 0 Å². The topological polar surface area (TPSA) is 83.2 Å². The lowest BCUT2D eigenvalue weighted by Crippen LogP contribution is -2.64. The second kappa shape index (κ2) is 5.77. The summed E-state index contributed by atoms with van der Waals surface area (Å²) in [5.74, 6) is 0. The van der Waals surface area contributed by atoms with Crippen molar-refractivity contribution < 1.29 is 24.1 Å². The number of aliphatic hydroxyl groups excluding tert-OH is 1. The largest absolute Gasteiger partial charge is 0.388 e. The van der Waals surface area contributed by atoms with E-state index in [9.17, 15) is 5.11 Å². The van der Waals surface area contributed by atoms with E-state index in [-0.39, 0.29) is 6.10 Å². The minimum atomic E-state index is -0.853. The van der Waals surface area contributed by atoms with Crippen molar-refractivity contribution in [3.63, 3.8) is 0 Å². The van der Waals surface area contributed by atoms with E-state index in [1.54, 1.807) is 0 Å². The van der Waals surface area contributed by atoms with Crippen molar-refractivity contribution in [1.29, 1.82) is 0 Å². The van der Waals surface area contributed by atoms with Gasteiger partial charge < -0.3 is 29.8 Å². The molecule has 6 nitrogen and oxygen atoms in total. The Kier molecular flexibility index (Phi) is 4.02. The lowest BCUT2D eigenvalue weighted by Gasteiger charge is -2.46. The quantitative estimate of drug-likeness (QED) is 0.803. The van der Waals surface area contributed by atoms with Crippen molar-refractivity contribution in [3.05, 3.63) is 35.9 Å². The molecule has 1 aromatic carbocycles. The highest BCUT2D eigenvalue weighted by atomic mass is 16.7. The van der Waals surface area contributed by atoms with Crippen LogP contribution in [0, 0.1) is 0 Å². The first-order valence-corrected chi connectivity index (χ1v) is 6.64. The summed E-state index contributed by atoms with van der Waals surface area (Å²) < 4.78 is 22.2. The van der Waals surface area contributed by atoms with Crippen LogP contribution < -0.4 is 5.73 Å². The van der Waals surface area contributed by atoms with Crippen LogP contribution in [0.4, 0.5) is 0 Å². The summed E-state index contributed by atoms with van der Waals surface area (Å²) in [4.78, 5) is 0. The number of methoxy groups -OCH3 is 1. The predicted molar refractivity (Wildman–Crippen MR) is 69.7 cm³/mol. The van der Waals surface area contributed by atoms with E-state index in [1.165, 1.54) is 7.11 Å². The summed E-state index contributed by atoms with van der Waals surface area (Å²) in [7, 11) is 1.49. The highest BCUT2D eigenvalue weighted by Gasteiger charge is 2.48. The minimum absolute atomic E-state index is 0.327. The summed E-state index contributed by atoms with van der Waals surface area (Å²) in [6, 6.07) is 8.93. The van der Waals surface area contributed by atoms with Crippen LogP contribution in [-0.2, 0) is 18.9 Å². The molecule has 0 radical (unpaired) electrons. The van der Waals surface area contributed by atoms with Crippen LogP contribution in [0.1, 0.15) is 11.9 Å². The fourth-order valence-electron chi connectivity index (χ4n) is 2.60. The molecule has 0 bridgehead atoms. The van der Waals surface area contributed by atoms with Gasteiger partial charge in [0, 0.05) is 12.7 Å². The molecule has 2 saturated heterocycles. The summed E-state index contributed by atoms with van der Waals surface area (Å²) in [6.45, 7) is 0.327. The van der Waals surface area contributed by atoms with Crippen LogP contribution in [0.25, 0.3) is 0 Å². The zero-order valence-corrected chi connectivity index (χ0v) is 11.2. The molecule has 2 fully saturated rings. The van der Waals surface area contributed by atoms with Crippen molar-refractivity contribution in [1.82, 2.24) is 0 Å². The van der Waals surface area contributed by atoms with Crippen molar-refractivity contribution >= 4 is 0 Å². The smallest absolute Gasteiger partial charge is 0.184 e. The average Bonchev–Trinajstić information content (AvgIpc) is 2.51. The fourth-order valence-corrected chi connectivity index (χ4v) is 2.60. The van der Waals surface area contributed by atoms with Gasteiger partial charge in [-0.2, -0.15) is 0 Å². The van der Waals surface area contributed by atoms with Crippen LogP contribution in [-0.4, -0.2) is 49.5 Å². The van der Waals surface area contributed by atoms with Gasteiger partial charge in [-0.25, -0.2) is 0 Å². The molecule has 3 N–H and O–H groups in total. The van der Waals surface area contributed by atoms with Crippen LogP contribution in [0.5, 0.6) is 0 Å². The van der Waals surface area contributed by atoms with Gasteiger partial charge in [0.2, 0.25) is 0 Å². The monoisotopic (exact) mass is 281 g/mol. The normalized spacial score (nSPS) is 41.1. The molecule has 2 heterocycles. The lowest BCUT2D eigenvalue weighted by atomic mass is 9.96. The third-order valence-electron chi connectivity index (χ3n) is 3.72. The Morgan fingerprint density at radius 2 is 2.00 bits per heavy atom. The molecule has 110 valence electrons. The molecule has 0 saturated carbocycles. The Balaban J connectivity index is 1.74. The lowest BCUT2D eigenvalue weighted by molar-refractivity contribution is -0.339. The molecular weight excluding hydrogens is 262 g/mol. The average molecular weight is 281 g/mol. The van der Waals surface area contributed by atoms with Gasteiger partial charge in [0.25, 0.3) is 0 Å². The fraction of sp³-hybridized carbons (Fsp3) is 0.571. The van der Waals surface area contributed by atoms with E-state index in [0.717, 1.165) is 5.56 Å². The predicted octanol–water partition coefficient (Wildman–Crippen LogP) is 0.160. The van der Waals surface area contributed by atoms with Gasteiger partial charge in [0.15, 0.2) is 12.6 Å². The van der Waals surface area contributed by atoms with E-state index in [2.05, 4.69) is 0 Å². The van der Waals surface area contributed by atoms with Gasteiger partial charge in [-0.3, -0.25) is 0 Å². The van der Waals surface area contributed by atoms with Crippen LogP contribution >= 0.6 is 0 Å². The van der Waals surface area contributed by atoms with Gasteiger partial charge >= 0.3 is 0 Å². The van der Waals surface area contributed by atoms with Gasteiger partial charge in [-0.15, -0.1) is 0 Å².